The van der Waals surface area contributed by atoms with Crippen molar-refractivity contribution in [3.63, 3.8) is 0 Å². The van der Waals surface area contributed by atoms with Crippen LogP contribution < -0.4 is 9.47 Å². The van der Waals surface area contributed by atoms with Crippen molar-refractivity contribution < 1.29 is 14.3 Å². The summed E-state index contributed by atoms with van der Waals surface area (Å²) in [7, 11) is 1.67. The predicted molar refractivity (Wildman–Crippen MR) is 121 cm³/mol. The van der Waals surface area contributed by atoms with Gasteiger partial charge in [-0.1, -0.05) is 18.2 Å². The van der Waals surface area contributed by atoms with E-state index in [1.165, 1.54) is 0 Å². The summed E-state index contributed by atoms with van der Waals surface area (Å²) in [5.74, 6) is 1.79. The number of ether oxygens (including phenoxy) is 2. The molecule has 2 aliphatic rings. The average Bonchev–Trinajstić information content (AvgIpc) is 3.46. The molecule has 0 N–H and O–H groups in total. The normalized spacial score (nSPS) is 18.5. The molecule has 1 aromatic heterocycles. The van der Waals surface area contributed by atoms with Crippen LogP contribution in [0.25, 0.3) is 10.6 Å². The second kappa shape index (κ2) is 8.69. The van der Waals surface area contributed by atoms with Crippen molar-refractivity contribution in [1.82, 2.24) is 14.8 Å². The summed E-state index contributed by atoms with van der Waals surface area (Å²) in [4.78, 5) is 22.0. The first-order valence-electron chi connectivity index (χ1n) is 10.5. The maximum Gasteiger partial charge on any atom is 0.264 e. The van der Waals surface area contributed by atoms with Crippen molar-refractivity contribution in [2.75, 3.05) is 33.3 Å². The topological polar surface area (TPSA) is 54.9 Å². The van der Waals surface area contributed by atoms with Gasteiger partial charge < -0.3 is 14.4 Å². The number of carbonyl (C=O) groups is 1. The van der Waals surface area contributed by atoms with Gasteiger partial charge in [0.25, 0.3) is 5.91 Å². The molecule has 6 nitrogen and oxygen atoms in total. The fourth-order valence-electron chi connectivity index (χ4n) is 4.12. The van der Waals surface area contributed by atoms with Crippen LogP contribution in [0.4, 0.5) is 0 Å². The van der Waals surface area contributed by atoms with Gasteiger partial charge in [0.2, 0.25) is 0 Å². The molecule has 0 aliphatic carbocycles. The van der Waals surface area contributed by atoms with Gasteiger partial charge in [0, 0.05) is 50.1 Å². The van der Waals surface area contributed by atoms with Crippen LogP contribution in [0.1, 0.15) is 11.3 Å². The first-order valence-corrected chi connectivity index (χ1v) is 11.4. The Labute approximate surface area is 186 Å². The van der Waals surface area contributed by atoms with Crippen LogP contribution in [-0.4, -0.2) is 60.1 Å². The predicted octanol–water partition coefficient (Wildman–Crippen LogP) is 3.47. The highest BCUT2D eigenvalue weighted by Crippen LogP contribution is 2.29. The number of fused-ring (bicyclic) bond motifs is 1. The maximum absolute atomic E-state index is 12.9. The SMILES string of the molecule is COc1ccc(-c2nc(CN3CCN(C(=O)[C@@H]4Cc5ccccc5O4)CC3)cs2)cc1. The number of nitrogens with zero attached hydrogens (tertiary/aromatic N) is 3. The molecule has 160 valence electrons. The van der Waals surface area contributed by atoms with Gasteiger partial charge in [0.05, 0.1) is 12.8 Å². The van der Waals surface area contributed by atoms with E-state index < -0.39 is 0 Å². The zero-order chi connectivity index (χ0) is 21.2. The fourth-order valence-corrected chi connectivity index (χ4v) is 4.94. The maximum atomic E-state index is 12.9. The lowest BCUT2D eigenvalue weighted by molar-refractivity contribution is -0.139. The summed E-state index contributed by atoms with van der Waals surface area (Å²) < 4.78 is 11.1. The Morgan fingerprint density at radius 3 is 2.65 bits per heavy atom. The molecule has 2 aromatic carbocycles. The van der Waals surface area contributed by atoms with E-state index >= 15 is 0 Å². The van der Waals surface area contributed by atoms with E-state index in [0.717, 1.165) is 66.1 Å². The molecular formula is C24H25N3O3S. The molecule has 2 aliphatic heterocycles. The summed E-state index contributed by atoms with van der Waals surface area (Å²) in [6, 6.07) is 15.9. The third-order valence-corrected chi connectivity index (χ3v) is 6.82. The number of aromatic nitrogens is 1. The zero-order valence-electron chi connectivity index (χ0n) is 17.5. The molecule has 0 unspecified atom stereocenters. The minimum Gasteiger partial charge on any atom is -0.497 e. The van der Waals surface area contributed by atoms with Gasteiger partial charge in [-0.3, -0.25) is 9.69 Å². The molecule has 3 heterocycles. The Morgan fingerprint density at radius 2 is 1.90 bits per heavy atom. The molecule has 1 saturated heterocycles. The number of piperazine rings is 1. The minimum absolute atomic E-state index is 0.103. The molecule has 0 saturated carbocycles. The van der Waals surface area contributed by atoms with E-state index in [0.29, 0.717) is 6.42 Å². The number of thiazole rings is 1. The lowest BCUT2D eigenvalue weighted by Gasteiger charge is -2.35. The Balaban J connectivity index is 1.14. The number of rotatable bonds is 5. The number of carbonyl (C=O) groups excluding carboxylic acids is 1. The van der Waals surface area contributed by atoms with Gasteiger partial charge in [0.1, 0.15) is 16.5 Å². The third kappa shape index (κ3) is 4.29. The van der Waals surface area contributed by atoms with Crippen molar-refractivity contribution in [2.24, 2.45) is 0 Å². The van der Waals surface area contributed by atoms with Crippen molar-refractivity contribution in [1.29, 1.82) is 0 Å². The van der Waals surface area contributed by atoms with Crippen molar-refractivity contribution in [2.45, 2.75) is 19.1 Å². The quantitative estimate of drug-likeness (QED) is 0.614. The molecule has 0 radical (unpaired) electrons. The number of amides is 1. The number of benzene rings is 2. The van der Waals surface area contributed by atoms with Crippen LogP contribution in [0.3, 0.4) is 0 Å². The minimum atomic E-state index is -0.380. The van der Waals surface area contributed by atoms with Crippen molar-refractivity contribution in [3.05, 3.63) is 65.2 Å². The second-order valence-electron chi connectivity index (χ2n) is 7.89. The Morgan fingerprint density at radius 1 is 1.13 bits per heavy atom. The lowest BCUT2D eigenvalue weighted by Crippen LogP contribution is -2.51. The van der Waals surface area contributed by atoms with Gasteiger partial charge in [-0.2, -0.15) is 0 Å². The van der Waals surface area contributed by atoms with Gasteiger partial charge in [0.15, 0.2) is 6.10 Å². The average molecular weight is 436 g/mol. The van der Waals surface area contributed by atoms with E-state index in [1.54, 1.807) is 18.4 Å². The van der Waals surface area contributed by atoms with Gasteiger partial charge in [-0.05, 0) is 35.9 Å². The summed E-state index contributed by atoms with van der Waals surface area (Å²) in [6.45, 7) is 3.96. The number of hydrogen-bond donors (Lipinski definition) is 0. The van der Waals surface area contributed by atoms with Crippen LogP contribution in [0, 0.1) is 0 Å². The Bertz CT molecular complexity index is 1030. The van der Waals surface area contributed by atoms with E-state index in [2.05, 4.69) is 10.3 Å². The molecule has 7 heteroatoms. The van der Waals surface area contributed by atoms with E-state index in [1.807, 2.05) is 53.4 Å². The number of para-hydroxylation sites is 1. The number of hydrogen-bond acceptors (Lipinski definition) is 6. The molecule has 0 spiro atoms. The van der Waals surface area contributed by atoms with Crippen molar-refractivity contribution in [3.8, 4) is 22.1 Å². The Kier molecular flexibility index (Phi) is 5.61. The molecule has 0 bridgehead atoms. The van der Waals surface area contributed by atoms with Crippen LogP contribution in [0.5, 0.6) is 11.5 Å². The van der Waals surface area contributed by atoms with Gasteiger partial charge in [-0.25, -0.2) is 4.98 Å². The first-order chi connectivity index (χ1) is 15.2. The molecule has 31 heavy (non-hydrogen) atoms. The third-order valence-electron chi connectivity index (χ3n) is 5.88. The van der Waals surface area contributed by atoms with Gasteiger partial charge >= 0.3 is 0 Å². The summed E-state index contributed by atoms with van der Waals surface area (Å²) in [5.41, 5.74) is 3.30. The summed E-state index contributed by atoms with van der Waals surface area (Å²) in [6.07, 6.45) is 0.289. The summed E-state index contributed by atoms with van der Waals surface area (Å²) >= 11 is 1.66. The molecule has 3 aromatic rings. The molecule has 5 rings (SSSR count). The number of methoxy groups -OCH3 is 1. The summed E-state index contributed by atoms with van der Waals surface area (Å²) in [5, 5.41) is 3.14. The monoisotopic (exact) mass is 435 g/mol. The largest absolute Gasteiger partial charge is 0.497 e. The molecule has 1 amide bonds. The molecule has 1 atom stereocenters. The molecule has 1 fully saturated rings. The zero-order valence-corrected chi connectivity index (χ0v) is 18.3. The lowest BCUT2D eigenvalue weighted by atomic mass is 10.1. The van der Waals surface area contributed by atoms with E-state index in [4.69, 9.17) is 14.5 Å². The standard InChI is InChI=1S/C24H25N3O3S/c1-29-20-8-6-17(7-9-20)23-25-19(16-31-23)15-26-10-12-27(13-11-26)24(28)22-14-18-4-2-3-5-21(18)30-22/h2-9,16,22H,10-15H2,1H3/t22-/m0/s1. The van der Waals surface area contributed by atoms with Crippen LogP contribution in [0.2, 0.25) is 0 Å². The first kappa shape index (κ1) is 20.0. The van der Waals surface area contributed by atoms with Gasteiger partial charge in [-0.15, -0.1) is 11.3 Å². The van der Waals surface area contributed by atoms with Crippen LogP contribution in [-0.2, 0) is 17.8 Å². The van der Waals surface area contributed by atoms with Crippen LogP contribution >= 0.6 is 11.3 Å². The smallest absolute Gasteiger partial charge is 0.264 e. The molecular weight excluding hydrogens is 410 g/mol. The second-order valence-corrected chi connectivity index (χ2v) is 8.75. The van der Waals surface area contributed by atoms with E-state index in [-0.39, 0.29) is 12.0 Å². The highest BCUT2D eigenvalue weighted by atomic mass is 32.1. The highest BCUT2D eigenvalue weighted by molar-refractivity contribution is 7.13. The highest BCUT2D eigenvalue weighted by Gasteiger charge is 2.33. The fraction of sp³-hybridized carbons (Fsp3) is 0.333. The van der Waals surface area contributed by atoms with Crippen molar-refractivity contribution >= 4 is 17.2 Å². The van der Waals surface area contributed by atoms with Crippen LogP contribution in [0.15, 0.2) is 53.9 Å². The Hall–Kier alpha value is -2.90. The van der Waals surface area contributed by atoms with E-state index in [9.17, 15) is 4.79 Å².